The zero-order chi connectivity index (χ0) is 13.2. The first-order valence-electron chi connectivity index (χ1n) is 6.07. The number of carbonyl (C=O) groups excluding carboxylic acids is 2. The van der Waals surface area contributed by atoms with Crippen LogP contribution in [0.25, 0.3) is 0 Å². The zero-order valence-corrected chi connectivity index (χ0v) is 12.4. The first-order chi connectivity index (χ1) is 7.73. The van der Waals surface area contributed by atoms with Gasteiger partial charge in [-0.3, -0.25) is 9.59 Å². The molecule has 0 aromatic rings. The third-order valence-electron chi connectivity index (χ3n) is 2.91. The molecular weight excluding hydrogens is 254 g/mol. The van der Waals surface area contributed by atoms with E-state index in [2.05, 4.69) is 0 Å². The van der Waals surface area contributed by atoms with Gasteiger partial charge in [0.15, 0.2) is 0 Å². The molecule has 0 radical (unpaired) electrons. The van der Waals surface area contributed by atoms with Gasteiger partial charge in [0.2, 0.25) is 11.8 Å². The van der Waals surface area contributed by atoms with Gasteiger partial charge in [-0.15, -0.1) is 12.4 Å². The SMILES string of the molecule is C[C@@H](N)C(=O)N1CCN(C(=O)C(C)(C)C)CC1.Cl. The second-order valence-corrected chi connectivity index (χ2v) is 5.66. The Labute approximate surface area is 115 Å². The largest absolute Gasteiger partial charge is 0.339 e. The van der Waals surface area contributed by atoms with Gasteiger partial charge in [-0.05, 0) is 6.92 Å². The van der Waals surface area contributed by atoms with Crippen molar-refractivity contribution < 1.29 is 9.59 Å². The summed E-state index contributed by atoms with van der Waals surface area (Å²) in [4.78, 5) is 27.3. The Morgan fingerprint density at radius 3 is 1.78 bits per heavy atom. The predicted octanol–water partition coefficient (Wildman–Crippen LogP) is 0.472. The van der Waals surface area contributed by atoms with Crippen LogP contribution in [0.4, 0.5) is 0 Å². The van der Waals surface area contributed by atoms with Gasteiger partial charge in [-0.2, -0.15) is 0 Å². The molecule has 1 rings (SSSR count). The highest BCUT2D eigenvalue weighted by atomic mass is 35.5. The number of halogens is 1. The van der Waals surface area contributed by atoms with Gasteiger partial charge in [0.1, 0.15) is 0 Å². The second kappa shape index (κ2) is 6.38. The van der Waals surface area contributed by atoms with Crippen molar-refractivity contribution in [3.05, 3.63) is 0 Å². The van der Waals surface area contributed by atoms with Crippen molar-refractivity contribution in [3.63, 3.8) is 0 Å². The molecule has 0 saturated carbocycles. The van der Waals surface area contributed by atoms with Gasteiger partial charge < -0.3 is 15.5 Å². The molecule has 18 heavy (non-hydrogen) atoms. The summed E-state index contributed by atoms with van der Waals surface area (Å²) in [6.45, 7) is 9.81. The molecule has 1 fully saturated rings. The van der Waals surface area contributed by atoms with Gasteiger partial charge in [-0.1, -0.05) is 20.8 Å². The third-order valence-corrected chi connectivity index (χ3v) is 2.91. The van der Waals surface area contributed by atoms with Crippen LogP contribution in [0.1, 0.15) is 27.7 Å². The molecule has 0 bridgehead atoms. The summed E-state index contributed by atoms with van der Waals surface area (Å²) in [6.07, 6.45) is 0. The lowest BCUT2D eigenvalue weighted by Crippen LogP contribution is -2.55. The first kappa shape index (κ1) is 17.2. The summed E-state index contributed by atoms with van der Waals surface area (Å²) in [5, 5.41) is 0. The van der Waals surface area contributed by atoms with E-state index in [0.717, 1.165) is 0 Å². The van der Waals surface area contributed by atoms with Gasteiger partial charge in [0.25, 0.3) is 0 Å². The molecule has 1 atom stereocenters. The maximum Gasteiger partial charge on any atom is 0.239 e. The summed E-state index contributed by atoms with van der Waals surface area (Å²) in [5.41, 5.74) is 5.20. The minimum Gasteiger partial charge on any atom is -0.339 e. The number of piperazine rings is 1. The van der Waals surface area contributed by atoms with Crippen molar-refractivity contribution in [2.45, 2.75) is 33.7 Å². The quantitative estimate of drug-likeness (QED) is 0.758. The second-order valence-electron chi connectivity index (χ2n) is 5.66. The zero-order valence-electron chi connectivity index (χ0n) is 11.6. The molecule has 1 aliphatic rings. The molecule has 0 unspecified atom stereocenters. The Balaban J connectivity index is 0.00000289. The van der Waals surface area contributed by atoms with Crippen molar-refractivity contribution >= 4 is 24.2 Å². The number of nitrogens with two attached hydrogens (primary N) is 1. The van der Waals surface area contributed by atoms with E-state index in [4.69, 9.17) is 5.73 Å². The maximum absolute atomic E-state index is 12.0. The topological polar surface area (TPSA) is 66.6 Å². The van der Waals surface area contributed by atoms with Gasteiger partial charge in [0, 0.05) is 31.6 Å². The summed E-state index contributed by atoms with van der Waals surface area (Å²) in [5.74, 6) is 0.109. The molecule has 0 aromatic carbocycles. The highest BCUT2D eigenvalue weighted by Gasteiger charge is 2.31. The fourth-order valence-electron chi connectivity index (χ4n) is 1.89. The van der Waals surface area contributed by atoms with Crippen molar-refractivity contribution in [3.8, 4) is 0 Å². The highest BCUT2D eigenvalue weighted by molar-refractivity contribution is 5.85. The van der Waals surface area contributed by atoms with E-state index in [1.165, 1.54) is 0 Å². The number of hydrogen-bond acceptors (Lipinski definition) is 3. The van der Waals surface area contributed by atoms with Crippen LogP contribution >= 0.6 is 12.4 Å². The number of carbonyl (C=O) groups is 2. The van der Waals surface area contributed by atoms with E-state index in [-0.39, 0.29) is 29.6 Å². The molecule has 1 saturated heterocycles. The van der Waals surface area contributed by atoms with E-state index in [0.29, 0.717) is 26.2 Å². The summed E-state index contributed by atoms with van der Waals surface area (Å²) < 4.78 is 0. The lowest BCUT2D eigenvalue weighted by atomic mass is 9.94. The standard InChI is InChI=1S/C12H23N3O2.ClH/c1-9(13)10(16)14-5-7-15(8-6-14)11(17)12(2,3)4;/h9H,5-8,13H2,1-4H3;1H/t9-;/m1./s1. The van der Waals surface area contributed by atoms with Crippen molar-refractivity contribution in [1.29, 1.82) is 0 Å². The maximum atomic E-state index is 12.0. The smallest absolute Gasteiger partial charge is 0.239 e. The number of amides is 2. The average molecular weight is 278 g/mol. The van der Waals surface area contributed by atoms with Crippen LogP contribution in [0.5, 0.6) is 0 Å². The van der Waals surface area contributed by atoms with E-state index >= 15 is 0 Å². The highest BCUT2D eigenvalue weighted by Crippen LogP contribution is 2.18. The number of nitrogens with zero attached hydrogens (tertiary/aromatic N) is 2. The lowest BCUT2D eigenvalue weighted by Gasteiger charge is -2.38. The van der Waals surface area contributed by atoms with Crippen LogP contribution in [0.2, 0.25) is 0 Å². The predicted molar refractivity (Wildman–Crippen MR) is 73.5 cm³/mol. The normalized spacial score (nSPS) is 18.1. The van der Waals surface area contributed by atoms with Crippen LogP contribution in [-0.4, -0.2) is 53.8 Å². The van der Waals surface area contributed by atoms with Crippen molar-refractivity contribution in [2.24, 2.45) is 11.1 Å². The van der Waals surface area contributed by atoms with Crippen LogP contribution in [0.15, 0.2) is 0 Å². The monoisotopic (exact) mass is 277 g/mol. The number of rotatable bonds is 1. The van der Waals surface area contributed by atoms with Crippen LogP contribution < -0.4 is 5.73 Å². The molecule has 0 spiro atoms. The van der Waals surface area contributed by atoms with E-state index in [1.807, 2.05) is 25.7 Å². The molecule has 2 N–H and O–H groups in total. The minimum atomic E-state index is -0.458. The van der Waals surface area contributed by atoms with Crippen LogP contribution in [-0.2, 0) is 9.59 Å². The van der Waals surface area contributed by atoms with E-state index in [1.54, 1.807) is 11.8 Å². The molecule has 6 heteroatoms. The summed E-state index contributed by atoms with van der Waals surface area (Å²) in [7, 11) is 0. The first-order valence-corrected chi connectivity index (χ1v) is 6.07. The van der Waals surface area contributed by atoms with E-state index < -0.39 is 6.04 Å². The fraction of sp³-hybridized carbons (Fsp3) is 0.833. The lowest BCUT2D eigenvalue weighted by molar-refractivity contribution is -0.145. The fourth-order valence-corrected chi connectivity index (χ4v) is 1.89. The van der Waals surface area contributed by atoms with Crippen LogP contribution in [0, 0.1) is 5.41 Å². The summed E-state index contributed by atoms with van der Waals surface area (Å²) >= 11 is 0. The molecular formula is C12H24ClN3O2. The molecule has 106 valence electrons. The molecule has 0 aromatic heterocycles. The van der Waals surface area contributed by atoms with Gasteiger partial charge in [-0.25, -0.2) is 0 Å². The molecule has 2 amide bonds. The molecule has 5 nitrogen and oxygen atoms in total. The Kier molecular flexibility index (Phi) is 6.10. The summed E-state index contributed by atoms with van der Waals surface area (Å²) in [6, 6.07) is -0.458. The Hall–Kier alpha value is -0.810. The molecule has 1 aliphatic heterocycles. The third kappa shape index (κ3) is 4.14. The Morgan fingerprint density at radius 1 is 1.06 bits per heavy atom. The molecule has 0 aliphatic carbocycles. The average Bonchev–Trinajstić information content (AvgIpc) is 2.26. The van der Waals surface area contributed by atoms with Gasteiger partial charge in [0.05, 0.1) is 6.04 Å². The van der Waals surface area contributed by atoms with E-state index in [9.17, 15) is 9.59 Å². The van der Waals surface area contributed by atoms with Crippen molar-refractivity contribution in [1.82, 2.24) is 9.80 Å². The Bertz CT molecular complexity index is 305. The van der Waals surface area contributed by atoms with Crippen molar-refractivity contribution in [2.75, 3.05) is 26.2 Å². The number of hydrogen-bond donors (Lipinski definition) is 1. The van der Waals surface area contributed by atoms with Crippen LogP contribution in [0.3, 0.4) is 0 Å². The van der Waals surface area contributed by atoms with Gasteiger partial charge >= 0.3 is 0 Å². The Morgan fingerprint density at radius 2 is 1.44 bits per heavy atom. The molecule has 1 heterocycles. The minimum absolute atomic E-state index is 0.